The average molecular weight is 391 g/mol. The molecule has 6 nitrogen and oxygen atoms in total. The van der Waals surface area contributed by atoms with Crippen LogP contribution in [0.4, 0.5) is 0 Å². The van der Waals surface area contributed by atoms with Crippen molar-refractivity contribution in [2.45, 2.75) is 25.3 Å². The van der Waals surface area contributed by atoms with Gasteiger partial charge in [-0.3, -0.25) is 4.79 Å². The molecule has 1 amide bonds. The maximum atomic E-state index is 12.6. The molecule has 0 heterocycles. The van der Waals surface area contributed by atoms with E-state index in [-0.39, 0.29) is 10.8 Å². The van der Waals surface area contributed by atoms with Gasteiger partial charge < -0.3 is 9.64 Å². The number of sulfonamides is 1. The Labute approximate surface area is 161 Å². The summed E-state index contributed by atoms with van der Waals surface area (Å²) in [5, 5.41) is 0. The second-order valence-corrected chi connectivity index (χ2v) is 8.06. The number of carbonyl (C=O) groups excluding carboxylic acids is 1. The zero-order valence-corrected chi connectivity index (χ0v) is 17.0. The number of amides is 1. The van der Waals surface area contributed by atoms with E-state index in [1.165, 1.54) is 16.4 Å². The average Bonchev–Trinajstić information content (AvgIpc) is 2.68. The first kappa shape index (κ1) is 20.9. The first-order valence-corrected chi connectivity index (χ1v) is 10.3. The molecule has 27 heavy (non-hydrogen) atoms. The summed E-state index contributed by atoms with van der Waals surface area (Å²) in [6.45, 7) is 4.86. The Morgan fingerprint density at radius 2 is 1.52 bits per heavy atom. The van der Waals surface area contributed by atoms with E-state index < -0.39 is 10.0 Å². The van der Waals surface area contributed by atoms with Gasteiger partial charge in [-0.05, 0) is 42.0 Å². The van der Waals surface area contributed by atoms with Crippen LogP contribution in [0, 0.1) is 0 Å². The van der Waals surface area contributed by atoms with Gasteiger partial charge in [0, 0.05) is 32.2 Å². The topological polar surface area (TPSA) is 66.9 Å². The SMILES string of the molecule is CCN(CC)S(=O)(=O)c1ccc(C(=O)N(C)Cc2ccc(OC)cc2)cc1. The molecule has 0 aliphatic heterocycles. The van der Waals surface area contributed by atoms with Gasteiger partial charge in [0.05, 0.1) is 12.0 Å². The minimum Gasteiger partial charge on any atom is -0.497 e. The number of hydrogen-bond acceptors (Lipinski definition) is 4. The van der Waals surface area contributed by atoms with Crippen molar-refractivity contribution in [2.75, 3.05) is 27.2 Å². The van der Waals surface area contributed by atoms with Crippen LogP contribution in [0.25, 0.3) is 0 Å². The third-order valence-corrected chi connectivity index (χ3v) is 6.43. The third-order valence-electron chi connectivity index (χ3n) is 4.37. The molecule has 0 atom stereocenters. The van der Waals surface area contributed by atoms with Crippen LogP contribution in [0.5, 0.6) is 5.75 Å². The molecule has 0 spiro atoms. The molecule has 7 heteroatoms. The minimum absolute atomic E-state index is 0.169. The van der Waals surface area contributed by atoms with E-state index in [2.05, 4.69) is 0 Å². The third kappa shape index (κ3) is 4.87. The highest BCUT2D eigenvalue weighted by Gasteiger charge is 2.22. The Morgan fingerprint density at radius 1 is 0.963 bits per heavy atom. The number of hydrogen-bond donors (Lipinski definition) is 0. The van der Waals surface area contributed by atoms with Gasteiger partial charge in [-0.2, -0.15) is 4.31 Å². The summed E-state index contributed by atoms with van der Waals surface area (Å²) in [4.78, 5) is 14.4. The van der Waals surface area contributed by atoms with E-state index in [0.717, 1.165) is 11.3 Å². The van der Waals surface area contributed by atoms with Crippen molar-refractivity contribution in [2.24, 2.45) is 0 Å². The molecule has 0 fully saturated rings. The molecular weight excluding hydrogens is 364 g/mol. The number of benzene rings is 2. The molecule has 0 saturated heterocycles. The first-order chi connectivity index (χ1) is 12.8. The van der Waals surface area contributed by atoms with Gasteiger partial charge >= 0.3 is 0 Å². The lowest BCUT2D eigenvalue weighted by molar-refractivity contribution is 0.0785. The molecule has 2 aromatic carbocycles. The van der Waals surface area contributed by atoms with Crippen molar-refractivity contribution < 1.29 is 17.9 Å². The second-order valence-electron chi connectivity index (χ2n) is 6.12. The van der Waals surface area contributed by atoms with E-state index in [9.17, 15) is 13.2 Å². The molecule has 2 rings (SSSR count). The van der Waals surface area contributed by atoms with Crippen LogP contribution in [0.1, 0.15) is 29.8 Å². The van der Waals surface area contributed by atoms with Crippen LogP contribution in [0.15, 0.2) is 53.4 Å². The van der Waals surface area contributed by atoms with Crippen molar-refractivity contribution in [1.29, 1.82) is 0 Å². The lowest BCUT2D eigenvalue weighted by Gasteiger charge is -2.19. The fraction of sp³-hybridized carbons (Fsp3) is 0.350. The molecule has 0 N–H and O–H groups in total. The van der Waals surface area contributed by atoms with Gasteiger partial charge in [0.1, 0.15) is 5.75 Å². The molecule has 0 bridgehead atoms. The highest BCUT2D eigenvalue weighted by Crippen LogP contribution is 2.18. The quantitative estimate of drug-likeness (QED) is 0.695. The number of ether oxygens (including phenoxy) is 1. The molecule has 0 radical (unpaired) electrons. The van der Waals surface area contributed by atoms with Crippen LogP contribution in [-0.4, -0.2) is 50.8 Å². The highest BCUT2D eigenvalue weighted by molar-refractivity contribution is 7.89. The van der Waals surface area contributed by atoms with Gasteiger partial charge in [0.2, 0.25) is 10.0 Å². The monoisotopic (exact) mass is 390 g/mol. The van der Waals surface area contributed by atoms with Gasteiger partial charge in [-0.1, -0.05) is 26.0 Å². The zero-order valence-electron chi connectivity index (χ0n) is 16.2. The fourth-order valence-corrected chi connectivity index (χ4v) is 4.24. The van der Waals surface area contributed by atoms with Crippen LogP contribution in [0.2, 0.25) is 0 Å². The number of nitrogens with zero attached hydrogens (tertiary/aromatic N) is 2. The Kier molecular flexibility index (Phi) is 6.98. The van der Waals surface area contributed by atoms with Gasteiger partial charge in [-0.25, -0.2) is 8.42 Å². The zero-order chi connectivity index (χ0) is 20.0. The molecular formula is C20H26N2O4S. The predicted molar refractivity (Wildman–Crippen MR) is 105 cm³/mol. The number of methoxy groups -OCH3 is 1. The summed E-state index contributed by atoms with van der Waals surface area (Å²) in [6.07, 6.45) is 0. The smallest absolute Gasteiger partial charge is 0.253 e. The van der Waals surface area contributed by atoms with Gasteiger partial charge in [0.15, 0.2) is 0 Å². The van der Waals surface area contributed by atoms with Crippen LogP contribution in [0.3, 0.4) is 0 Å². The summed E-state index contributed by atoms with van der Waals surface area (Å²) in [5.41, 5.74) is 1.43. The van der Waals surface area contributed by atoms with E-state index >= 15 is 0 Å². The molecule has 0 saturated carbocycles. The van der Waals surface area contributed by atoms with Crippen molar-refractivity contribution >= 4 is 15.9 Å². The summed E-state index contributed by atoms with van der Waals surface area (Å²) < 4.78 is 31.6. The summed E-state index contributed by atoms with van der Waals surface area (Å²) in [7, 11) is -0.201. The summed E-state index contributed by atoms with van der Waals surface area (Å²) in [6, 6.07) is 13.6. The number of rotatable bonds is 8. The standard InChI is InChI=1S/C20H26N2O4S/c1-5-22(6-2)27(24,25)19-13-9-17(10-14-19)20(23)21(3)15-16-7-11-18(26-4)12-8-16/h7-14H,5-6,15H2,1-4H3. The Morgan fingerprint density at radius 3 is 2.00 bits per heavy atom. The summed E-state index contributed by atoms with van der Waals surface area (Å²) in [5.74, 6) is 0.593. The second kappa shape index (κ2) is 9.01. The maximum absolute atomic E-state index is 12.6. The Bertz CT molecular complexity index is 858. The van der Waals surface area contributed by atoms with Crippen LogP contribution >= 0.6 is 0 Å². The Hall–Kier alpha value is -2.38. The molecule has 146 valence electrons. The van der Waals surface area contributed by atoms with Crippen molar-refractivity contribution in [3.63, 3.8) is 0 Å². The minimum atomic E-state index is -3.52. The highest BCUT2D eigenvalue weighted by atomic mass is 32.2. The number of carbonyl (C=O) groups is 1. The van der Waals surface area contributed by atoms with Crippen LogP contribution < -0.4 is 4.74 Å². The van der Waals surface area contributed by atoms with E-state index in [1.807, 2.05) is 24.3 Å². The van der Waals surface area contributed by atoms with Gasteiger partial charge in [-0.15, -0.1) is 0 Å². The first-order valence-electron chi connectivity index (χ1n) is 8.82. The molecule has 2 aromatic rings. The van der Waals surface area contributed by atoms with Crippen molar-refractivity contribution in [1.82, 2.24) is 9.21 Å². The van der Waals surface area contributed by atoms with Crippen LogP contribution in [-0.2, 0) is 16.6 Å². The lowest BCUT2D eigenvalue weighted by atomic mass is 10.1. The van der Waals surface area contributed by atoms with E-state index in [0.29, 0.717) is 25.2 Å². The van der Waals surface area contributed by atoms with Crippen molar-refractivity contribution in [3.05, 3.63) is 59.7 Å². The predicted octanol–water partition coefficient (Wildman–Crippen LogP) is 3.00. The molecule has 0 aliphatic rings. The van der Waals surface area contributed by atoms with Crippen molar-refractivity contribution in [3.8, 4) is 5.75 Å². The fourth-order valence-electron chi connectivity index (χ4n) is 2.78. The summed E-state index contributed by atoms with van der Waals surface area (Å²) >= 11 is 0. The van der Waals surface area contributed by atoms with E-state index in [4.69, 9.17) is 4.74 Å². The molecule has 0 aliphatic carbocycles. The van der Waals surface area contributed by atoms with Gasteiger partial charge in [0.25, 0.3) is 5.91 Å². The largest absolute Gasteiger partial charge is 0.497 e. The molecule has 0 aromatic heterocycles. The lowest BCUT2D eigenvalue weighted by Crippen LogP contribution is -2.30. The van der Waals surface area contributed by atoms with E-state index in [1.54, 1.807) is 45.0 Å². The molecule has 0 unspecified atom stereocenters. The normalized spacial score (nSPS) is 11.4. The maximum Gasteiger partial charge on any atom is 0.253 e. The Balaban J connectivity index is 2.12.